The van der Waals surface area contributed by atoms with Gasteiger partial charge in [-0.3, -0.25) is 4.79 Å². The van der Waals surface area contributed by atoms with Gasteiger partial charge in [-0.2, -0.15) is 8.78 Å². The molecular formula is C13H13F2NO4. The number of benzene rings is 1. The molecule has 1 heterocycles. The molecule has 5 nitrogen and oxygen atoms in total. The summed E-state index contributed by atoms with van der Waals surface area (Å²) in [5, 5.41) is 9.03. The molecule has 0 saturated carbocycles. The van der Waals surface area contributed by atoms with E-state index in [9.17, 15) is 18.4 Å². The van der Waals surface area contributed by atoms with Gasteiger partial charge in [-0.1, -0.05) is 12.1 Å². The molecule has 1 fully saturated rings. The molecule has 1 aromatic rings. The van der Waals surface area contributed by atoms with Gasteiger partial charge in [0.1, 0.15) is 11.8 Å². The van der Waals surface area contributed by atoms with Crippen molar-refractivity contribution in [2.45, 2.75) is 32.0 Å². The van der Waals surface area contributed by atoms with Gasteiger partial charge in [-0.25, -0.2) is 4.79 Å². The van der Waals surface area contributed by atoms with E-state index in [1.165, 1.54) is 29.2 Å². The molecule has 1 saturated heterocycles. The lowest BCUT2D eigenvalue weighted by Gasteiger charge is -2.21. The highest BCUT2D eigenvalue weighted by Crippen LogP contribution is 2.23. The highest BCUT2D eigenvalue weighted by molar-refractivity contribution is 5.87. The van der Waals surface area contributed by atoms with E-state index in [0.29, 0.717) is 12.0 Å². The molecule has 1 aromatic carbocycles. The molecular weight excluding hydrogens is 272 g/mol. The van der Waals surface area contributed by atoms with Crippen LogP contribution in [0.25, 0.3) is 0 Å². The van der Waals surface area contributed by atoms with E-state index in [0.717, 1.165) is 0 Å². The van der Waals surface area contributed by atoms with Crippen LogP contribution < -0.4 is 4.74 Å². The molecule has 0 aromatic heterocycles. The quantitative estimate of drug-likeness (QED) is 0.896. The van der Waals surface area contributed by atoms with Crippen LogP contribution in [0.3, 0.4) is 0 Å². The molecule has 2 rings (SSSR count). The number of nitrogens with zero attached hydrogens (tertiary/aromatic N) is 1. The first-order valence-electron chi connectivity index (χ1n) is 6.03. The van der Waals surface area contributed by atoms with Gasteiger partial charge in [0.05, 0.1) is 0 Å². The number of aliphatic carboxylic acids is 1. The van der Waals surface area contributed by atoms with Crippen molar-refractivity contribution in [3.05, 3.63) is 29.8 Å². The minimum absolute atomic E-state index is 0.0197. The van der Waals surface area contributed by atoms with Gasteiger partial charge in [-0.15, -0.1) is 0 Å². The lowest BCUT2D eigenvalue weighted by Crippen LogP contribution is -2.37. The predicted molar refractivity (Wildman–Crippen MR) is 64.3 cm³/mol. The number of hydrogen-bond acceptors (Lipinski definition) is 3. The van der Waals surface area contributed by atoms with Gasteiger partial charge < -0.3 is 14.7 Å². The maximum atomic E-state index is 12.0. The topological polar surface area (TPSA) is 66.8 Å². The molecule has 1 aliphatic heterocycles. The lowest BCUT2D eigenvalue weighted by atomic mass is 10.2. The SMILES string of the molecule is O=C(O)C1CCC(=O)N1Cc1ccc(OC(F)F)cc1. The van der Waals surface area contributed by atoms with Crippen molar-refractivity contribution >= 4 is 11.9 Å². The summed E-state index contributed by atoms with van der Waals surface area (Å²) in [6.07, 6.45) is 0.504. The lowest BCUT2D eigenvalue weighted by molar-refractivity contribution is -0.146. The number of carbonyl (C=O) groups is 2. The fourth-order valence-corrected chi connectivity index (χ4v) is 2.16. The van der Waals surface area contributed by atoms with Crippen molar-refractivity contribution in [2.24, 2.45) is 0 Å². The molecule has 1 N–H and O–H groups in total. The smallest absolute Gasteiger partial charge is 0.387 e. The summed E-state index contributed by atoms with van der Waals surface area (Å²) < 4.78 is 28.2. The summed E-state index contributed by atoms with van der Waals surface area (Å²) in [7, 11) is 0. The number of carbonyl (C=O) groups excluding carboxylic acids is 1. The van der Waals surface area contributed by atoms with E-state index >= 15 is 0 Å². The Kier molecular flexibility index (Phi) is 4.16. The zero-order chi connectivity index (χ0) is 14.7. The van der Waals surface area contributed by atoms with Crippen molar-refractivity contribution in [1.82, 2.24) is 4.90 Å². The minimum atomic E-state index is -2.89. The summed E-state index contributed by atoms with van der Waals surface area (Å²) in [5.74, 6) is -1.23. The zero-order valence-electron chi connectivity index (χ0n) is 10.5. The van der Waals surface area contributed by atoms with Crippen LogP contribution in [-0.2, 0) is 16.1 Å². The Balaban J connectivity index is 2.05. The van der Waals surface area contributed by atoms with E-state index in [1.807, 2.05) is 0 Å². The molecule has 20 heavy (non-hydrogen) atoms. The normalized spacial score (nSPS) is 18.6. The zero-order valence-corrected chi connectivity index (χ0v) is 10.5. The number of alkyl halides is 2. The second-order valence-electron chi connectivity index (χ2n) is 4.44. The molecule has 0 radical (unpaired) electrons. The number of amides is 1. The van der Waals surface area contributed by atoms with Crippen LogP contribution in [0.5, 0.6) is 5.75 Å². The standard InChI is InChI=1S/C13H13F2NO4/c14-13(15)20-9-3-1-8(2-4-9)7-16-10(12(18)19)5-6-11(16)17/h1-4,10,13H,5-7H2,(H,18,19). The number of rotatable bonds is 5. The van der Waals surface area contributed by atoms with Gasteiger partial charge in [0.25, 0.3) is 0 Å². The first-order valence-corrected chi connectivity index (χ1v) is 6.03. The Morgan fingerprint density at radius 2 is 2.05 bits per heavy atom. The van der Waals surface area contributed by atoms with Crippen molar-refractivity contribution < 1.29 is 28.2 Å². The monoisotopic (exact) mass is 285 g/mol. The average molecular weight is 285 g/mol. The molecule has 7 heteroatoms. The number of halogens is 2. The maximum absolute atomic E-state index is 12.0. The largest absolute Gasteiger partial charge is 0.480 e. The first-order chi connectivity index (χ1) is 9.47. The number of carboxylic acid groups (broad SMARTS) is 1. The van der Waals surface area contributed by atoms with E-state index < -0.39 is 18.6 Å². The Morgan fingerprint density at radius 1 is 1.40 bits per heavy atom. The molecule has 0 aliphatic carbocycles. The Morgan fingerprint density at radius 3 is 2.60 bits per heavy atom. The minimum Gasteiger partial charge on any atom is -0.480 e. The van der Waals surface area contributed by atoms with Gasteiger partial charge in [0, 0.05) is 13.0 Å². The average Bonchev–Trinajstić information content (AvgIpc) is 2.73. The van der Waals surface area contributed by atoms with Crippen LogP contribution in [0.1, 0.15) is 18.4 Å². The van der Waals surface area contributed by atoms with Crippen LogP contribution in [0.4, 0.5) is 8.78 Å². The highest BCUT2D eigenvalue weighted by Gasteiger charge is 2.35. The van der Waals surface area contributed by atoms with Crippen molar-refractivity contribution in [3.8, 4) is 5.75 Å². The number of ether oxygens (including phenoxy) is 1. The third kappa shape index (κ3) is 3.23. The highest BCUT2D eigenvalue weighted by atomic mass is 19.3. The van der Waals surface area contributed by atoms with Gasteiger partial charge in [-0.05, 0) is 24.1 Å². The van der Waals surface area contributed by atoms with E-state index in [2.05, 4.69) is 4.74 Å². The number of likely N-dealkylation sites (tertiary alicyclic amines) is 1. The molecule has 1 atom stereocenters. The Hall–Kier alpha value is -2.18. The third-order valence-electron chi connectivity index (χ3n) is 3.11. The van der Waals surface area contributed by atoms with Gasteiger partial charge >= 0.3 is 12.6 Å². The van der Waals surface area contributed by atoms with Crippen molar-refractivity contribution in [1.29, 1.82) is 0 Å². The van der Waals surface area contributed by atoms with Crippen LogP contribution >= 0.6 is 0 Å². The fraction of sp³-hybridized carbons (Fsp3) is 0.385. The number of carboxylic acids is 1. The second-order valence-corrected chi connectivity index (χ2v) is 4.44. The number of hydrogen-bond donors (Lipinski definition) is 1. The molecule has 1 aliphatic rings. The van der Waals surface area contributed by atoms with Crippen molar-refractivity contribution in [3.63, 3.8) is 0 Å². The Bertz CT molecular complexity index is 504. The molecule has 0 spiro atoms. The summed E-state index contributed by atoms with van der Waals surface area (Å²) in [6, 6.07) is 4.96. The molecule has 1 amide bonds. The maximum Gasteiger partial charge on any atom is 0.387 e. The van der Waals surface area contributed by atoms with Gasteiger partial charge in [0.2, 0.25) is 5.91 Å². The summed E-state index contributed by atoms with van der Waals surface area (Å²) in [4.78, 5) is 24.0. The molecule has 1 unspecified atom stereocenters. The van der Waals surface area contributed by atoms with Crippen LogP contribution in [-0.4, -0.2) is 34.5 Å². The summed E-state index contributed by atoms with van der Waals surface area (Å²) in [5.41, 5.74) is 0.660. The van der Waals surface area contributed by atoms with E-state index in [-0.39, 0.29) is 24.6 Å². The van der Waals surface area contributed by atoms with Crippen LogP contribution in [0.2, 0.25) is 0 Å². The molecule has 0 bridgehead atoms. The second kappa shape index (κ2) is 5.85. The predicted octanol–water partition coefficient (Wildman–Crippen LogP) is 1.86. The summed E-state index contributed by atoms with van der Waals surface area (Å²) in [6.45, 7) is -2.75. The van der Waals surface area contributed by atoms with E-state index in [1.54, 1.807) is 0 Å². The van der Waals surface area contributed by atoms with Crippen LogP contribution in [0, 0.1) is 0 Å². The Labute approximate surface area is 113 Å². The fourth-order valence-electron chi connectivity index (χ4n) is 2.16. The third-order valence-corrected chi connectivity index (χ3v) is 3.11. The van der Waals surface area contributed by atoms with Crippen LogP contribution in [0.15, 0.2) is 24.3 Å². The first kappa shape index (κ1) is 14.2. The van der Waals surface area contributed by atoms with E-state index in [4.69, 9.17) is 5.11 Å². The molecule has 108 valence electrons. The van der Waals surface area contributed by atoms with Crippen molar-refractivity contribution in [2.75, 3.05) is 0 Å². The summed E-state index contributed by atoms with van der Waals surface area (Å²) >= 11 is 0. The van der Waals surface area contributed by atoms with Gasteiger partial charge in [0.15, 0.2) is 0 Å².